The van der Waals surface area contributed by atoms with Gasteiger partial charge in [0.2, 0.25) is 0 Å². The van der Waals surface area contributed by atoms with E-state index in [2.05, 4.69) is 53.2 Å². The molecule has 1 atom stereocenters. The molecule has 0 bridgehead atoms. The van der Waals surface area contributed by atoms with Crippen molar-refractivity contribution in [3.05, 3.63) is 53.5 Å². The summed E-state index contributed by atoms with van der Waals surface area (Å²) >= 11 is 0. The predicted octanol–water partition coefficient (Wildman–Crippen LogP) is 4.25. The standard InChI is InChI=1S/C24H33N5O/c1-6-28(7-2)15-11-12-17(3)26-24(30)21-16-25-23-22(20-13-9-8-10-14-20)18(4)27-29(23)19(21)5/h8-10,13-14,16-17H,6-7,11-12,15H2,1-5H3,(H,26,30)/t17-/m1/s1. The highest BCUT2D eigenvalue weighted by Gasteiger charge is 2.19. The molecule has 0 saturated carbocycles. The summed E-state index contributed by atoms with van der Waals surface area (Å²) in [6.07, 6.45) is 3.70. The van der Waals surface area contributed by atoms with Crippen molar-refractivity contribution >= 4 is 11.6 Å². The lowest BCUT2D eigenvalue weighted by Crippen LogP contribution is -2.34. The van der Waals surface area contributed by atoms with Gasteiger partial charge in [-0.1, -0.05) is 44.2 Å². The van der Waals surface area contributed by atoms with Gasteiger partial charge in [0.05, 0.1) is 17.0 Å². The Balaban J connectivity index is 1.75. The lowest BCUT2D eigenvalue weighted by atomic mass is 10.1. The number of aryl methyl sites for hydroxylation is 2. The number of carbonyl (C=O) groups is 1. The van der Waals surface area contributed by atoms with Crippen molar-refractivity contribution in [2.75, 3.05) is 19.6 Å². The highest BCUT2D eigenvalue weighted by Crippen LogP contribution is 2.27. The van der Waals surface area contributed by atoms with Crippen molar-refractivity contribution in [2.24, 2.45) is 0 Å². The first-order valence-electron chi connectivity index (χ1n) is 10.9. The average molecular weight is 408 g/mol. The van der Waals surface area contributed by atoms with Crippen LogP contribution in [0.4, 0.5) is 0 Å². The van der Waals surface area contributed by atoms with E-state index in [4.69, 9.17) is 0 Å². The van der Waals surface area contributed by atoms with Gasteiger partial charge in [-0.05, 0) is 58.8 Å². The summed E-state index contributed by atoms with van der Waals surface area (Å²) in [5, 5.41) is 7.79. The fourth-order valence-corrected chi connectivity index (χ4v) is 3.90. The number of nitrogens with zero attached hydrogens (tertiary/aromatic N) is 4. The number of hydrogen-bond donors (Lipinski definition) is 1. The van der Waals surface area contributed by atoms with Gasteiger partial charge < -0.3 is 10.2 Å². The molecule has 0 fully saturated rings. The first-order valence-corrected chi connectivity index (χ1v) is 10.9. The van der Waals surface area contributed by atoms with Crippen molar-refractivity contribution < 1.29 is 4.79 Å². The van der Waals surface area contributed by atoms with Crippen molar-refractivity contribution in [3.8, 4) is 11.1 Å². The molecule has 0 radical (unpaired) electrons. The van der Waals surface area contributed by atoms with Crippen LogP contribution in [0.5, 0.6) is 0 Å². The van der Waals surface area contributed by atoms with Gasteiger partial charge in [0, 0.05) is 17.8 Å². The summed E-state index contributed by atoms with van der Waals surface area (Å²) in [7, 11) is 0. The molecule has 160 valence electrons. The summed E-state index contributed by atoms with van der Waals surface area (Å²) in [6.45, 7) is 13.5. The highest BCUT2D eigenvalue weighted by atomic mass is 16.1. The van der Waals surface area contributed by atoms with E-state index in [-0.39, 0.29) is 11.9 Å². The Morgan fingerprint density at radius 2 is 1.87 bits per heavy atom. The molecule has 0 spiro atoms. The number of nitrogens with one attached hydrogen (secondary N) is 1. The van der Waals surface area contributed by atoms with Crippen LogP contribution in [0.25, 0.3) is 16.8 Å². The lowest BCUT2D eigenvalue weighted by molar-refractivity contribution is 0.0935. The SMILES string of the molecule is CCN(CC)CCC[C@@H](C)NC(=O)c1cnc2c(-c3ccccc3)c(C)nn2c1C. The molecular formula is C24H33N5O. The number of carbonyl (C=O) groups excluding carboxylic acids is 1. The molecule has 0 aliphatic carbocycles. The number of aromatic nitrogens is 3. The summed E-state index contributed by atoms with van der Waals surface area (Å²) in [5.41, 5.74) is 5.14. The van der Waals surface area contributed by atoms with E-state index < -0.39 is 0 Å². The third-order valence-electron chi connectivity index (χ3n) is 5.75. The van der Waals surface area contributed by atoms with E-state index in [0.717, 1.165) is 60.6 Å². The van der Waals surface area contributed by atoms with Crippen LogP contribution in [-0.4, -0.2) is 51.1 Å². The first-order chi connectivity index (χ1) is 14.5. The van der Waals surface area contributed by atoms with Gasteiger partial charge in [-0.2, -0.15) is 5.10 Å². The maximum absolute atomic E-state index is 12.9. The molecule has 0 aliphatic heterocycles. The minimum Gasteiger partial charge on any atom is -0.349 e. The van der Waals surface area contributed by atoms with Gasteiger partial charge >= 0.3 is 0 Å². The van der Waals surface area contributed by atoms with Gasteiger partial charge in [0.25, 0.3) is 5.91 Å². The number of rotatable bonds is 9. The number of hydrogen-bond acceptors (Lipinski definition) is 4. The van der Waals surface area contributed by atoms with E-state index >= 15 is 0 Å². The summed E-state index contributed by atoms with van der Waals surface area (Å²) in [6, 6.07) is 10.2. The third-order valence-corrected chi connectivity index (χ3v) is 5.75. The van der Waals surface area contributed by atoms with Crippen molar-refractivity contribution in [3.63, 3.8) is 0 Å². The van der Waals surface area contributed by atoms with Gasteiger partial charge in [-0.3, -0.25) is 4.79 Å². The molecular weight excluding hydrogens is 374 g/mol. The Morgan fingerprint density at radius 1 is 1.17 bits per heavy atom. The first kappa shape index (κ1) is 22.0. The zero-order valence-electron chi connectivity index (χ0n) is 18.8. The van der Waals surface area contributed by atoms with Crippen LogP contribution in [0.1, 0.15) is 55.4 Å². The number of fused-ring (bicyclic) bond motifs is 1. The van der Waals surface area contributed by atoms with Crippen molar-refractivity contribution in [1.82, 2.24) is 24.8 Å². The second kappa shape index (κ2) is 9.85. The molecule has 30 heavy (non-hydrogen) atoms. The Hall–Kier alpha value is -2.73. The second-order valence-corrected chi connectivity index (χ2v) is 7.86. The molecule has 1 N–H and O–H groups in total. The summed E-state index contributed by atoms with van der Waals surface area (Å²) < 4.78 is 1.79. The van der Waals surface area contributed by atoms with Gasteiger partial charge in [0.1, 0.15) is 0 Å². The molecule has 2 heterocycles. The summed E-state index contributed by atoms with van der Waals surface area (Å²) in [5.74, 6) is -0.0911. The van der Waals surface area contributed by atoms with E-state index in [9.17, 15) is 4.79 Å². The van der Waals surface area contributed by atoms with Gasteiger partial charge in [0.15, 0.2) is 5.65 Å². The topological polar surface area (TPSA) is 62.5 Å². The minimum absolute atomic E-state index is 0.0911. The second-order valence-electron chi connectivity index (χ2n) is 7.86. The predicted molar refractivity (Wildman–Crippen MR) is 122 cm³/mol. The molecule has 2 aromatic heterocycles. The van der Waals surface area contributed by atoms with E-state index in [1.807, 2.05) is 32.0 Å². The third kappa shape index (κ3) is 4.70. The molecule has 1 aromatic carbocycles. The van der Waals surface area contributed by atoms with Gasteiger partial charge in [-0.15, -0.1) is 0 Å². The smallest absolute Gasteiger partial charge is 0.254 e. The molecule has 6 nitrogen and oxygen atoms in total. The Labute approximate surface area is 179 Å². The molecule has 0 saturated heterocycles. The molecule has 3 rings (SSSR count). The van der Waals surface area contributed by atoms with Crippen LogP contribution in [0.2, 0.25) is 0 Å². The average Bonchev–Trinajstić information content (AvgIpc) is 3.09. The van der Waals surface area contributed by atoms with Crippen LogP contribution < -0.4 is 5.32 Å². The van der Waals surface area contributed by atoms with Crippen LogP contribution in [0.15, 0.2) is 36.5 Å². The zero-order valence-corrected chi connectivity index (χ0v) is 18.8. The molecule has 0 unspecified atom stereocenters. The molecule has 1 amide bonds. The van der Waals surface area contributed by atoms with Crippen LogP contribution >= 0.6 is 0 Å². The molecule has 6 heteroatoms. The van der Waals surface area contributed by atoms with Gasteiger partial charge in [-0.25, -0.2) is 9.50 Å². The van der Waals surface area contributed by atoms with Crippen LogP contribution in [0, 0.1) is 13.8 Å². The minimum atomic E-state index is -0.0911. The molecule has 0 aliphatic rings. The fourth-order valence-electron chi connectivity index (χ4n) is 3.90. The highest BCUT2D eigenvalue weighted by molar-refractivity contribution is 5.95. The maximum atomic E-state index is 12.9. The number of benzene rings is 1. The van der Waals surface area contributed by atoms with E-state index in [0.29, 0.717) is 5.56 Å². The lowest BCUT2D eigenvalue weighted by Gasteiger charge is -2.20. The van der Waals surface area contributed by atoms with Crippen LogP contribution in [0.3, 0.4) is 0 Å². The van der Waals surface area contributed by atoms with E-state index in [1.54, 1.807) is 10.7 Å². The molecule has 3 aromatic rings. The van der Waals surface area contributed by atoms with Crippen molar-refractivity contribution in [1.29, 1.82) is 0 Å². The monoisotopic (exact) mass is 407 g/mol. The fraction of sp³-hybridized carbons (Fsp3) is 0.458. The van der Waals surface area contributed by atoms with Crippen LogP contribution in [-0.2, 0) is 0 Å². The number of amides is 1. The zero-order chi connectivity index (χ0) is 21.7. The maximum Gasteiger partial charge on any atom is 0.254 e. The normalized spacial score (nSPS) is 12.5. The largest absolute Gasteiger partial charge is 0.349 e. The summed E-state index contributed by atoms with van der Waals surface area (Å²) in [4.78, 5) is 19.9. The van der Waals surface area contributed by atoms with E-state index in [1.165, 1.54) is 0 Å². The Bertz CT molecular complexity index is 992. The Morgan fingerprint density at radius 3 is 2.53 bits per heavy atom. The van der Waals surface area contributed by atoms with Crippen molar-refractivity contribution in [2.45, 2.75) is 53.5 Å². The Kier molecular flexibility index (Phi) is 7.21. The quantitative estimate of drug-likeness (QED) is 0.576.